The van der Waals surface area contributed by atoms with E-state index in [1.54, 1.807) is 17.3 Å². The van der Waals surface area contributed by atoms with Crippen molar-refractivity contribution in [3.05, 3.63) is 65.5 Å². The second-order valence-corrected chi connectivity index (χ2v) is 5.76. The number of benzene rings is 1. The van der Waals surface area contributed by atoms with E-state index in [-0.39, 0.29) is 18.2 Å². The van der Waals surface area contributed by atoms with Gasteiger partial charge >= 0.3 is 0 Å². The molecule has 5 heteroatoms. The van der Waals surface area contributed by atoms with Crippen molar-refractivity contribution in [2.45, 2.75) is 33.4 Å². The predicted octanol–water partition coefficient (Wildman–Crippen LogP) is 2.45. The van der Waals surface area contributed by atoms with Gasteiger partial charge in [0.1, 0.15) is 0 Å². The van der Waals surface area contributed by atoms with Crippen LogP contribution in [0.3, 0.4) is 0 Å². The fourth-order valence-electron chi connectivity index (χ4n) is 2.39. The van der Waals surface area contributed by atoms with Gasteiger partial charge in [-0.3, -0.25) is 14.6 Å². The number of nitrogens with one attached hydrogen (secondary N) is 1. The maximum Gasteiger partial charge on any atom is 0.222 e. The van der Waals surface area contributed by atoms with Crippen LogP contribution >= 0.6 is 0 Å². The first-order chi connectivity index (χ1) is 11.6. The van der Waals surface area contributed by atoms with E-state index in [0.29, 0.717) is 19.6 Å². The third-order valence-corrected chi connectivity index (χ3v) is 3.89. The Morgan fingerprint density at radius 2 is 1.96 bits per heavy atom. The molecule has 1 aromatic carbocycles. The van der Waals surface area contributed by atoms with Gasteiger partial charge in [0.05, 0.1) is 0 Å². The summed E-state index contributed by atoms with van der Waals surface area (Å²) in [5, 5.41) is 2.91. The molecule has 5 nitrogen and oxygen atoms in total. The van der Waals surface area contributed by atoms with E-state index in [2.05, 4.69) is 10.3 Å². The fourth-order valence-corrected chi connectivity index (χ4v) is 2.39. The summed E-state index contributed by atoms with van der Waals surface area (Å²) in [7, 11) is 0. The summed E-state index contributed by atoms with van der Waals surface area (Å²) in [6, 6.07) is 11.7. The lowest BCUT2D eigenvalue weighted by atomic mass is 10.1. The topological polar surface area (TPSA) is 62.3 Å². The molecule has 0 aliphatic carbocycles. The molecule has 0 spiro atoms. The van der Waals surface area contributed by atoms with Gasteiger partial charge in [0.2, 0.25) is 11.8 Å². The summed E-state index contributed by atoms with van der Waals surface area (Å²) in [5.41, 5.74) is 3.21. The Bertz CT molecular complexity index is 686. The van der Waals surface area contributed by atoms with Crippen molar-refractivity contribution in [2.75, 3.05) is 6.54 Å². The number of hydrogen-bond acceptors (Lipinski definition) is 3. The van der Waals surface area contributed by atoms with Gasteiger partial charge in [0.15, 0.2) is 0 Å². The van der Waals surface area contributed by atoms with Crippen molar-refractivity contribution in [3.8, 4) is 0 Å². The predicted molar refractivity (Wildman–Crippen MR) is 93.0 cm³/mol. The van der Waals surface area contributed by atoms with Crippen LogP contribution in [0.15, 0.2) is 48.8 Å². The molecule has 0 bridgehead atoms. The Kier molecular flexibility index (Phi) is 6.49. The molecule has 0 aliphatic rings. The van der Waals surface area contributed by atoms with Gasteiger partial charge in [-0.05, 0) is 29.7 Å². The van der Waals surface area contributed by atoms with E-state index in [0.717, 1.165) is 16.7 Å². The van der Waals surface area contributed by atoms with Gasteiger partial charge < -0.3 is 10.2 Å². The number of rotatable bonds is 7. The van der Waals surface area contributed by atoms with Crippen molar-refractivity contribution in [1.29, 1.82) is 0 Å². The Hall–Kier alpha value is -2.69. The number of aryl methyl sites for hydroxylation is 1. The SMILES string of the molecule is CC(=O)N(CCC(=O)NCc1ccccc1C)Cc1cccnc1. The van der Waals surface area contributed by atoms with Crippen LogP contribution in [0.2, 0.25) is 0 Å². The molecule has 2 rings (SSSR count). The second-order valence-electron chi connectivity index (χ2n) is 5.76. The number of carbonyl (C=O) groups excluding carboxylic acids is 2. The van der Waals surface area contributed by atoms with Crippen LogP contribution in [-0.2, 0) is 22.7 Å². The molecule has 24 heavy (non-hydrogen) atoms. The highest BCUT2D eigenvalue weighted by atomic mass is 16.2. The average Bonchev–Trinajstić information content (AvgIpc) is 2.58. The van der Waals surface area contributed by atoms with E-state index in [4.69, 9.17) is 0 Å². The lowest BCUT2D eigenvalue weighted by Gasteiger charge is -2.20. The molecule has 0 saturated heterocycles. The maximum atomic E-state index is 12.0. The van der Waals surface area contributed by atoms with Crippen LogP contribution in [0, 0.1) is 6.92 Å². The molecular formula is C19H23N3O2. The van der Waals surface area contributed by atoms with Gasteiger partial charge in [0, 0.05) is 45.4 Å². The third-order valence-electron chi connectivity index (χ3n) is 3.89. The summed E-state index contributed by atoms with van der Waals surface area (Å²) in [6.07, 6.45) is 3.71. The van der Waals surface area contributed by atoms with E-state index >= 15 is 0 Å². The summed E-state index contributed by atoms with van der Waals surface area (Å²) < 4.78 is 0. The molecule has 0 atom stereocenters. The number of nitrogens with zero attached hydrogens (tertiary/aromatic N) is 2. The van der Waals surface area contributed by atoms with E-state index in [9.17, 15) is 9.59 Å². The number of carbonyl (C=O) groups is 2. The largest absolute Gasteiger partial charge is 0.352 e. The van der Waals surface area contributed by atoms with Gasteiger partial charge in [-0.15, -0.1) is 0 Å². The van der Waals surface area contributed by atoms with Crippen molar-refractivity contribution >= 4 is 11.8 Å². The van der Waals surface area contributed by atoms with Crippen LogP contribution in [0.25, 0.3) is 0 Å². The molecule has 2 aromatic rings. The van der Waals surface area contributed by atoms with Crippen LogP contribution < -0.4 is 5.32 Å². The van der Waals surface area contributed by atoms with Gasteiger partial charge in [-0.2, -0.15) is 0 Å². The molecule has 1 heterocycles. The Labute approximate surface area is 142 Å². The van der Waals surface area contributed by atoms with Crippen molar-refractivity contribution in [2.24, 2.45) is 0 Å². The van der Waals surface area contributed by atoms with Crippen LogP contribution in [0.1, 0.15) is 30.0 Å². The lowest BCUT2D eigenvalue weighted by Crippen LogP contribution is -2.33. The van der Waals surface area contributed by atoms with E-state index in [1.807, 2.05) is 43.3 Å². The van der Waals surface area contributed by atoms with E-state index < -0.39 is 0 Å². The van der Waals surface area contributed by atoms with Gasteiger partial charge in [-0.1, -0.05) is 30.3 Å². The molecule has 0 unspecified atom stereocenters. The first-order valence-corrected chi connectivity index (χ1v) is 8.02. The zero-order valence-corrected chi connectivity index (χ0v) is 14.2. The molecule has 1 N–H and O–H groups in total. The first-order valence-electron chi connectivity index (χ1n) is 8.02. The average molecular weight is 325 g/mol. The summed E-state index contributed by atoms with van der Waals surface area (Å²) in [4.78, 5) is 29.5. The van der Waals surface area contributed by atoms with Crippen molar-refractivity contribution in [1.82, 2.24) is 15.2 Å². The highest BCUT2D eigenvalue weighted by molar-refractivity contribution is 5.78. The highest BCUT2D eigenvalue weighted by Gasteiger charge is 2.12. The Balaban J connectivity index is 1.82. The molecular weight excluding hydrogens is 302 g/mol. The normalized spacial score (nSPS) is 10.2. The molecule has 126 valence electrons. The monoisotopic (exact) mass is 325 g/mol. The zero-order chi connectivity index (χ0) is 17.4. The quantitative estimate of drug-likeness (QED) is 0.850. The Morgan fingerprint density at radius 3 is 2.62 bits per heavy atom. The molecule has 0 radical (unpaired) electrons. The van der Waals surface area contributed by atoms with Crippen molar-refractivity contribution < 1.29 is 9.59 Å². The van der Waals surface area contributed by atoms with Gasteiger partial charge in [-0.25, -0.2) is 0 Å². The maximum absolute atomic E-state index is 12.0. The standard InChI is InChI=1S/C19H23N3O2/c1-15-6-3-4-8-18(15)13-21-19(24)9-11-22(16(2)23)14-17-7-5-10-20-12-17/h3-8,10,12H,9,11,13-14H2,1-2H3,(H,21,24). The minimum Gasteiger partial charge on any atom is -0.352 e. The van der Waals surface area contributed by atoms with Crippen LogP contribution in [0.5, 0.6) is 0 Å². The summed E-state index contributed by atoms with van der Waals surface area (Å²) >= 11 is 0. The Morgan fingerprint density at radius 1 is 1.17 bits per heavy atom. The molecule has 0 aliphatic heterocycles. The number of pyridine rings is 1. The minimum atomic E-state index is -0.0595. The number of hydrogen-bond donors (Lipinski definition) is 1. The molecule has 0 fully saturated rings. The molecule has 0 saturated carbocycles. The van der Waals surface area contributed by atoms with Crippen LogP contribution in [0.4, 0.5) is 0 Å². The lowest BCUT2D eigenvalue weighted by molar-refractivity contribution is -0.130. The number of amides is 2. The summed E-state index contributed by atoms with van der Waals surface area (Å²) in [5.74, 6) is -0.110. The smallest absolute Gasteiger partial charge is 0.222 e. The van der Waals surface area contributed by atoms with Crippen LogP contribution in [-0.4, -0.2) is 28.2 Å². The van der Waals surface area contributed by atoms with Gasteiger partial charge in [0.25, 0.3) is 0 Å². The highest BCUT2D eigenvalue weighted by Crippen LogP contribution is 2.07. The van der Waals surface area contributed by atoms with Crippen molar-refractivity contribution in [3.63, 3.8) is 0 Å². The number of aromatic nitrogens is 1. The molecule has 1 aromatic heterocycles. The zero-order valence-electron chi connectivity index (χ0n) is 14.2. The first kappa shape index (κ1) is 17.7. The minimum absolute atomic E-state index is 0.0504. The fraction of sp³-hybridized carbons (Fsp3) is 0.316. The third kappa shape index (κ3) is 5.50. The second kappa shape index (κ2) is 8.82. The molecule has 2 amide bonds. The summed E-state index contributed by atoms with van der Waals surface area (Å²) in [6.45, 7) is 4.90. The van der Waals surface area contributed by atoms with E-state index in [1.165, 1.54) is 6.92 Å².